The van der Waals surface area contributed by atoms with Gasteiger partial charge in [0.05, 0.1) is 12.1 Å². The lowest BCUT2D eigenvalue weighted by Gasteiger charge is -2.32. The molecule has 2 N–H and O–H groups in total. The number of hydrogen-bond acceptors (Lipinski definition) is 6. The minimum absolute atomic E-state index is 0.0529. The van der Waals surface area contributed by atoms with Gasteiger partial charge in [0.1, 0.15) is 18.2 Å². The van der Waals surface area contributed by atoms with E-state index in [4.69, 9.17) is 21.1 Å². The van der Waals surface area contributed by atoms with E-state index in [0.717, 1.165) is 18.4 Å². The zero-order valence-electron chi connectivity index (χ0n) is 27.4. The van der Waals surface area contributed by atoms with Gasteiger partial charge in [0.15, 0.2) is 0 Å². The Kier molecular flexibility index (Phi) is 12.4. The number of benzene rings is 2. The van der Waals surface area contributed by atoms with Crippen molar-refractivity contribution in [1.29, 1.82) is 0 Å². The average Bonchev–Trinajstić information content (AvgIpc) is 3.38. The standard InChI is InChI=1S/C34H47ClN4O6/c1-23-12-11-17-38(23)32(43)39(21-26-19-27(35)16-15-25(26)20-36-31(42)45-34(5,6)7)30(41)28(18-24-13-9-8-10-14-24)37-29(40)22-44-33(2,3)4/h8-10,13-16,19,23,28H,11-12,17-18,20-22H2,1-7H3,(H,36,42)(H,37,40)/t23-,28-/m1/s1. The lowest BCUT2D eigenvalue weighted by Crippen LogP contribution is -2.55. The molecule has 0 saturated carbocycles. The molecule has 1 saturated heterocycles. The number of nitrogens with zero attached hydrogens (tertiary/aromatic N) is 2. The summed E-state index contributed by atoms with van der Waals surface area (Å²) in [7, 11) is 0. The first-order valence-electron chi connectivity index (χ1n) is 15.4. The van der Waals surface area contributed by atoms with Crippen LogP contribution < -0.4 is 10.6 Å². The van der Waals surface area contributed by atoms with Crippen LogP contribution in [0.15, 0.2) is 48.5 Å². The van der Waals surface area contributed by atoms with Crippen LogP contribution >= 0.6 is 11.6 Å². The number of urea groups is 1. The number of likely N-dealkylation sites (tertiary alicyclic amines) is 1. The minimum atomic E-state index is -1.05. The van der Waals surface area contributed by atoms with Crippen LogP contribution in [-0.4, -0.2) is 70.2 Å². The van der Waals surface area contributed by atoms with Crippen molar-refractivity contribution in [1.82, 2.24) is 20.4 Å². The van der Waals surface area contributed by atoms with Crippen LogP contribution in [0.3, 0.4) is 0 Å². The Morgan fingerprint density at radius 2 is 1.69 bits per heavy atom. The number of carbonyl (C=O) groups is 4. The maximum absolute atomic E-state index is 14.4. The molecule has 2 aromatic rings. The van der Waals surface area contributed by atoms with Gasteiger partial charge in [0, 0.05) is 30.6 Å². The Labute approximate surface area is 271 Å². The molecule has 45 heavy (non-hydrogen) atoms. The Hall–Kier alpha value is -3.63. The van der Waals surface area contributed by atoms with E-state index in [1.807, 2.05) is 58.0 Å². The first kappa shape index (κ1) is 35.8. The van der Waals surface area contributed by atoms with Gasteiger partial charge in [0.2, 0.25) is 5.91 Å². The molecule has 5 amide bonds. The molecule has 0 bridgehead atoms. The zero-order valence-corrected chi connectivity index (χ0v) is 28.2. The van der Waals surface area contributed by atoms with Gasteiger partial charge in [0.25, 0.3) is 5.91 Å². The highest BCUT2D eigenvalue weighted by Crippen LogP contribution is 2.24. The number of imide groups is 1. The van der Waals surface area contributed by atoms with Crippen molar-refractivity contribution in [2.24, 2.45) is 0 Å². The van der Waals surface area contributed by atoms with E-state index in [2.05, 4.69) is 10.6 Å². The van der Waals surface area contributed by atoms with Crippen LogP contribution in [0.25, 0.3) is 0 Å². The predicted octanol–water partition coefficient (Wildman–Crippen LogP) is 5.84. The number of nitrogens with one attached hydrogen (secondary N) is 2. The van der Waals surface area contributed by atoms with Crippen LogP contribution in [0.5, 0.6) is 0 Å². The number of alkyl carbamates (subject to hydrolysis) is 1. The van der Waals surface area contributed by atoms with E-state index in [9.17, 15) is 19.2 Å². The van der Waals surface area contributed by atoms with Gasteiger partial charge in [-0.1, -0.05) is 48.0 Å². The van der Waals surface area contributed by atoms with Gasteiger partial charge in [-0.2, -0.15) is 0 Å². The number of hydrogen-bond donors (Lipinski definition) is 2. The highest BCUT2D eigenvalue weighted by atomic mass is 35.5. The van der Waals surface area contributed by atoms with Crippen LogP contribution in [0.2, 0.25) is 5.02 Å². The molecule has 0 spiro atoms. The van der Waals surface area contributed by atoms with Gasteiger partial charge >= 0.3 is 12.1 Å². The van der Waals surface area contributed by atoms with Crippen molar-refractivity contribution in [3.63, 3.8) is 0 Å². The largest absolute Gasteiger partial charge is 0.444 e. The summed E-state index contributed by atoms with van der Waals surface area (Å²) in [5, 5.41) is 5.98. The van der Waals surface area contributed by atoms with E-state index in [1.165, 1.54) is 4.90 Å². The van der Waals surface area contributed by atoms with E-state index in [-0.39, 0.29) is 32.2 Å². The second-order valence-electron chi connectivity index (χ2n) is 13.4. The smallest absolute Gasteiger partial charge is 0.407 e. The number of amides is 5. The zero-order chi connectivity index (χ0) is 33.4. The van der Waals surface area contributed by atoms with E-state index in [1.54, 1.807) is 43.9 Å². The normalized spacial score (nSPS) is 15.7. The molecule has 1 heterocycles. The minimum Gasteiger partial charge on any atom is -0.444 e. The molecule has 3 rings (SSSR count). The first-order valence-corrected chi connectivity index (χ1v) is 15.7. The topological polar surface area (TPSA) is 117 Å². The number of rotatable bonds is 10. The molecule has 246 valence electrons. The van der Waals surface area contributed by atoms with Crippen molar-refractivity contribution in [3.05, 3.63) is 70.2 Å². The third-order valence-corrected chi connectivity index (χ3v) is 7.40. The molecule has 1 fully saturated rings. The summed E-state index contributed by atoms with van der Waals surface area (Å²) >= 11 is 6.39. The number of ether oxygens (including phenoxy) is 2. The SMILES string of the molecule is C[C@@H]1CCCN1C(=O)N(Cc1cc(Cl)ccc1CNC(=O)OC(C)(C)C)C(=O)[C@@H](Cc1ccccc1)NC(=O)COC(C)(C)C. The fourth-order valence-corrected chi connectivity index (χ4v) is 5.13. The molecule has 11 heteroatoms. The van der Waals surface area contributed by atoms with Gasteiger partial charge in [-0.15, -0.1) is 0 Å². The molecule has 2 atom stereocenters. The summed E-state index contributed by atoms with van der Waals surface area (Å²) < 4.78 is 11.0. The Morgan fingerprint density at radius 1 is 1.00 bits per heavy atom. The predicted molar refractivity (Wildman–Crippen MR) is 174 cm³/mol. The Balaban J connectivity index is 1.96. The summed E-state index contributed by atoms with van der Waals surface area (Å²) in [4.78, 5) is 56.8. The molecule has 1 aliphatic rings. The Morgan fingerprint density at radius 3 is 2.29 bits per heavy atom. The molecular formula is C34H47ClN4O6. The maximum Gasteiger partial charge on any atom is 0.407 e. The average molecular weight is 643 g/mol. The maximum atomic E-state index is 14.4. The fourth-order valence-electron chi connectivity index (χ4n) is 4.93. The third-order valence-electron chi connectivity index (χ3n) is 7.17. The second-order valence-corrected chi connectivity index (χ2v) is 13.8. The lowest BCUT2D eigenvalue weighted by atomic mass is 10.0. The summed E-state index contributed by atoms with van der Waals surface area (Å²) in [5.74, 6) is -1.02. The molecule has 0 unspecified atom stereocenters. The van der Waals surface area contributed by atoms with E-state index < -0.39 is 41.2 Å². The summed E-state index contributed by atoms with van der Waals surface area (Å²) in [6, 6.07) is 12.9. The number of carbonyl (C=O) groups excluding carboxylic acids is 4. The van der Waals surface area contributed by atoms with E-state index >= 15 is 0 Å². The van der Waals surface area contributed by atoms with Crippen molar-refractivity contribution in [2.75, 3.05) is 13.2 Å². The van der Waals surface area contributed by atoms with Crippen LogP contribution in [0.4, 0.5) is 9.59 Å². The second kappa shape index (κ2) is 15.6. The molecule has 0 radical (unpaired) electrons. The fraction of sp³-hybridized carbons (Fsp3) is 0.529. The van der Waals surface area contributed by atoms with Gasteiger partial charge in [-0.25, -0.2) is 9.59 Å². The lowest BCUT2D eigenvalue weighted by molar-refractivity contribution is -0.138. The van der Waals surface area contributed by atoms with Gasteiger partial charge in [-0.05, 0) is 90.1 Å². The van der Waals surface area contributed by atoms with Crippen molar-refractivity contribution >= 4 is 35.5 Å². The monoisotopic (exact) mass is 642 g/mol. The van der Waals surface area contributed by atoms with Crippen molar-refractivity contribution in [2.45, 2.75) is 104 Å². The Bertz CT molecular complexity index is 1340. The van der Waals surface area contributed by atoms with E-state index in [0.29, 0.717) is 22.7 Å². The molecular weight excluding hydrogens is 596 g/mol. The van der Waals surface area contributed by atoms with Crippen molar-refractivity contribution in [3.8, 4) is 0 Å². The molecule has 10 nitrogen and oxygen atoms in total. The summed E-state index contributed by atoms with van der Waals surface area (Å²) in [5.41, 5.74) is 0.825. The summed E-state index contributed by atoms with van der Waals surface area (Å²) in [6.07, 6.45) is 1.22. The summed E-state index contributed by atoms with van der Waals surface area (Å²) in [6.45, 7) is 13.0. The van der Waals surface area contributed by atoms with Crippen molar-refractivity contribution < 1.29 is 28.7 Å². The van der Waals surface area contributed by atoms with Crippen LogP contribution in [0, 0.1) is 0 Å². The number of halogens is 1. The molecule has 1 aliphatic heterocycles. The van der Waals surface area contributed by atoms with Gasteiger partial charge < -0.3 is 25.0 Å². The molecule has 2 aromatic carbocycles. The van der Waals surface area contributed by atoms with Gasteiger partial charge in [-0.3, -0.25) is 14.5 Å². The van der Waals surface area contributed by atoms with Crippen LogP contribution in [-0.2, 0) is 38.6 Å². The van der Waals surface area contributed by atoms with Crippen LogP contribution in [0.1, 0.15) is 78.0 Å². The molecule has 0 aromatic heterocycles. The molecule has 0 aliphatic carbocycles. The quantitative estimate of drug-likeness (QED) is 0.336. The first-order chi connectivity index (χ1) is 21.0. The highest BCUT2D eigenvalue weighted by molar-refractivity contribution is 6.30. The third kappa shape index (κ3) is 11.7. The highest BCUT2D eigenvalue weighted by Gasteiger charge is 2.36.